The summed E-state index contributed by atoms with van der Waals surface area (Å²) in [4.78, 5) is 15.1. The van der Waals surface area contributed by atoms with Crippen molar-refractivity contribution in [2.24, 2.45) is 11.8 Å². The second kappa shape index (κ2) is 7.44. The fourth-order valence-corrected chi connectivity index (χ4v) is 4.46. The first-order valence-corrected chi connectivity index (χ1v) is 9.78. The van der Waals surface area contributed by atoms with E-state index >= 15 is 0 Å². The first-order valence-electron chi connectivity index (χ1n) is 9.78. The number of rotatable bonds is 6. The Labute approximate surface area is 150 Å². The number of nitrogens with zero attached hydrogens (tertiary/aromatic N) is 1. The van der Waals surface area contributed by atoms with Crippen molar-refractivity contribution in [3.8, 4) is 0 Å². The Balaban J connectivity index is 1.22. The zero-order valence-corrected chi connectivity index (χ0v) is 15.1. The van der Waals surface area contributed by atoms with E-state index in [-0.39, 0.29) is 17.9 Å². The van der Waals surface area contributed by atoms with Crippen LogP contribution in [0.5, 0.6) is 0 Å². The van der Waals surface area contributed by atoms with Gasteiger partial charge >= 0.3 is 0 Å². The highest BCUT2D eigenvalue weighted by molar-refractivity contribution is 5.80. The quantitative estimate of drug-likeness (QED) is 0.733. The number of hydrogen-bond acceptors (Lipinski definition) is 4. The van der Waals surface area contributed by atoms with Crippen LogP contribution in [0.2, 0.25) is 0 Å². The largest absolute Gasteiger partial charge is 0.354 e. The van der Waals surface area contributed by atoms with Gasteiger partial charge in [-0.2, -0.15) is 0 Å². The van der Waals surface area contributed by atoms with Crippen LogP contribution in [0.1, 0.15) is 37.7 Å². The zero-order chi connectivity index (χ0) is 17.2. The maximum atomic E-state index is 12.6. The van der Waals surface area contributed by atoms with Crippen LogP contribution in [0.3, 0.4) is 0 Å². The van der Waals surface area contributed by atoms with Crippen LogP contribution in [-0.4, -0.2) is 49.1 Å². The molecule has 2 aliphatic heterocycles. The van der Waals surface area contributed by atoms with Crippen LogP contribution in [0, 0.1) is 11.8 Å². The number of hydrogen-bond donors (Lipinski definition) is 3. The molecule has 25 heavy (non-hydrogen) atoms. The fraction of sp³-hybridized carbons (Fsp3) is 0.650. The molecule has 1 aromatic rings. The molecule has 1 amide bonds. The summed E-state index contributed by atoms with van der Waals surface area (Å²) >= 11 is 0. The maximum Gasteiger partial charge on any atom is 0.226 e. The van der Waals surface area contributed by atoms with Crippen molar-refractivity contribution in [1.82, 2.24) is 21.1 Å². The van der Waals surface area contributed by atoms with E-state index in [0.29, 0.717) is 17.9 Å². The summed E-state index contributed by atoms with van der Waals surface area (Å²) in [5.74, 6) is 1.58. The van der Waals surface area contributed by atoms with Gasteiger partial charge in [0.2, 0.25) is 5.91 Å². The summed E-state index contributed by atoms with van der Waals surface area (Å²) in [6.45, 7) is 6.03. The number of hydrazine groups is 1. The van der Waals surface area contributed by atoms with Gasteiger partial charge in [-0.1, -0.05) is 30.3 Å². The summed E-state index contributed by atoms with van der Waals surface area (Å²) in [6.07, 6.45) is 3.73. The van der Waals surface area contributed by atoms with Crippen LogP contribution in [0.4, 0.5) is 0 Å². The lowest BCUT2D eigenvalue weighted by Gasteiger charge is -2.21. The van der Waals surface area contributed by atoms with Gasteiger partial charge in [-0.05, 0) is 50.1 Å². The van der Waals surface area contributed by atoms with Crippen molar-refractivity contribution in [3.05, 3.63) is 35.9 Å². The van der Waals surface area contributed by atoms with Crippen molar-refractivity contribution in [3.63, 3.8) is 0 Å². The van der Waals surface area contributed by atoms with E-state index < -0.39 is 0 Å². The van der Waals surface area contributed by atoms with Gasteiger partial charge in [0.05, 0.1) is 5.92 Å². The highest BCUT2D eigenvalue weighted by atomic mass is 16.2. The Hall–Kier alpha value is -1.43. The first kappa shape index (κ1) is 17.0. The molecule has 1 aromatic carbocycles. The van der Waals surface area contributed by atoms with Crippen LogP contribution in [0.25, 0.3) is 0 Å². The number of carbonyl (C=O) groups excluding carboxylic acids is 1. The average molecular weight is 342 g/mol. The maximum absolute atomic E-state index is 12.6. The van der Waals surface area contributed by atoms with E-state index in [1.54, 1.807) is 0 Å². The third-order valence-electron chi connectivity index (χ3n) is 6.11. The predicted molar refractivity (Wildman–Crippen MR) is 99.0 cm³/mol. The Bertz CT molecular complexity index is 589. The summed E-state index contributed by atoms with van der Waals surface area (Å²) in [5, 5.41) is 3.19. The Morgan fingerprint density at radius 2 is 2.00 bits per heavy atom. The lowest BCUT2D eigenvalue weighted by atomic mass is 9.91. The molecule has 5 heteroatoms. The number of benzene rings is 1. The van der Waals surface area contributed by atoms with Crippen LogP contribution in [0.15, 0.2) is 30.3 Å². The minimum atomic E-state index is 0.0585. The number of likely N-dealkylation sites (tertiary alicyclic amines) is 1. The van der Waals surface area contributed by atoms with Crippen molar-refractivity contribution >= 4 is 5.91 Å². The molecule has 1 saturated carbocycles. The molecule has 136 valence electrons. The zero-order valence-electron chi connectivity index (χ0n) is 15.1. The minimum Gasteiger partial charge on any atom is -0.354 e. The van der Waals surface area contributed by atoms with Gasteiger partial charge in [0.15, 0.2) is 0 Å². The molecule has 3 aliphatic rings. The van der Waals surface area contributed by atoms with E-state index in [1.165, 1.54) is 24.8 Å². The molecule has 4 rings (SSSR count). The molecule has 2 saturated heterocycles. The van der Waals surface area contributed by atoms with Crippen molar-refractivity contribution in [2.45, 2.75) is 44.2 Å². The molecular weight excluding hydrogens is 312 g/mol. The lowest BCUT2D eigenvalue weighted by molar-refractivity contribution is -0.125. The molecule has 2 heterocycles. The van der Waals surface area contributed by atoms with E-state index in [0.717, 1.165) is 26.2 Å². The number of amides is 1. The molecule has 4 atom stereocenters. The highest BCUT2D eigenvalue weighted by Gasteiger charge is 2.46. The van der Waals surface area contributed by atoms with Crippen LogP contribution < -0.4 is 16.2 Å². The SMILES string of the molecule is CC1NNC(C2CC2)C1C(=O)NCCN1CCC(c2ccccc2)C1. The van der Waals surface area contributed by atoms with Gasteiger partial charge < -0.3 is 10.2 Å². The molecule has 5 nitrogen and oxygen atoms in total. The second-order valence-electron chi connectivity index (χ2n) is 7.95. The Morgan fingerprint density at radius 1 is 1.20 bits per heavy atom. The highest BCUT2D eigenvalue weighted by Crippen LogP contribution is 2.38. The molecule has 0 radical (unpaired) electrons. The first-order chi connectivity index (χ1) is 12.2. The summed E-state index contributed by atoms with van der Waals surface area (Å²) in [7, 11) is 0. The van der Waals surface area contributed by atoms with E-state index in [1.807, 2.05) is 0 Å². The minimum absolute atomic E-state index is 0.0585. The van der Waals surface area contributed by atoms with Crippen molar-refractivity contribution < 1.29 is 4.79 Å². The molecule has 3 fully saturated rings. The molecule has 0 aromatic heterocycles. The Kier molecular flexibility index (Phi) is 5.06. The average Bonchev–Trinajstić information content (AvgIpc) is 3.24. The normalized spacial score (nSPS) is 32.8. The van der Waals surface area contributed by atoms with Gasteiger partial charge in [-0.3, -0.25) is 15.6 Å². The molecule has 3 N–H and O–H groups in total. The van der Waals surface area contributed by atoms with Crippen molar-refractivity contribution in [2.75, 3.05) is 26.2 Å². The van der Waals surface area contributed by atoms with Gasteiger partial charge in [-0.25, -0.2) is 0 Å². The van der Waals surface area contributed by atoms with Gasteiger partial charge in [0.25, 0.3) is 0 Å². The molecule has 0 bridgehead atoms. The van der Waals surface area contributed by atoms with E-state index in [4.69, 9.17) is 0 Å². The third-order valence-corrected chi connectivity index (χ3v) is 6.11. The molecular formula is C20H30N4O. The smallest absolute Gasteiger partial charge is 0.226 e. The lowest BCUT2D eigenvalue weighted by Crippen LogP contribution is -2.44. The van der Waals surface area contributed by atoms with Crippen molar-refractivity contribution in [1.29, 1.82) is 0 Å². The van der Waals surface area contributed by atoms with E-state index in [9.17, 15) is 4.79 Å². The van der Waals surface area contributed by atoms with E-state index in [2.05, 4.69) is 58.3 Å². The summed E-state index contributed by atoms with van der Waals surface area (Å²) in [5.41, 5.74) is 8.03. The molecule has 4 unspecified atom stereocenters. The number of carbonyl (C=O) groups is 1. The fourth-order valence-electron chi connectivity index (χ4n) is 4.46. The molecule has 0 spiro atoms. The topological polar surface area (TPSA) is 56.4 Å². The predicted octanol–water partition coefficient (Wildman–Crippen LogP) is 1.48. The van der Waals surface area contributed by atoms with Gasteiger partial charge in [0, 0.05) is 31.7 Å². The van der Waals surface area contributed by atoms with Gasteiger partial charge in [0.1, 0.15) is 0 Å². The monoisotopic (exact) mass is 342 g/mol. The Morgan fingerprint density at radius 3 is 2.76 bits per heavy atom. The third kappa shape index (κ3) is 3.89. The standard InChI is InChI=1S/C20H30N4O/c1-14-18(19(23-22-14)16-7-8-16)20(25)21-10-12-24-11-9-17(13-24)15-5-3-2-4-6-15/h2-6,14,16-19,22-23H,7-13H2,1H3,(H,21,25). The van der Waals surface area contributed by atoms with Gasteiger partial charge in [-0.15, -0.1) is 0 Å². The van der Waals surface area contributed by atoms with Crippen LogP contribution in [-0.2, 0) is 4.79 Å². The molecule has 1 aliphatic carbocycles. The number of nitrogens with one attached hydrogen (secondary N) is 3. The summed E-state index contributed by atoms with van der Waals surface area (Å²) < 4.78 is 0. The second-order valence-corrected chi connectivity index (χ2v) is 7.95. The summed E-state index contributed by atoms with van der Waals surface area (Å²) in [6, 6.07) is 11.3. The van der Waals surface area contributed by atoms with Crippen LogP contribution >= 0.6 is 0 Å².